The van der Waals surface area contributed by atoms with Crippen molar-refractivity contribution in [3.63, 3.8) is 0 Å². The molecule has 2 fully saturated rings. The van der Waals surface area contributed by atoms with Crippen LogP contribution in [0.2, 0.25) is 0 Å². The van der Waals surface area contributed by atoms with E-state index in [9.17, 15) is 14.4 Å². The van der Waals surface area contributed by atoms with Crippen LogP contribution in [0.25, 0.3) is 0 Å². The summed E-state index contributed by atoms with van der Waals surface area (Å²) in [5.41, 5.74) is 0. The molecule has 0 aromatic carbocycles. The van der Waals surface area contributed by atoms with Gasteiger partial charge >= 0.3 is 11.8 Å². The number of amides is 3. The fourth-order valence-corrected chi connectivity index (χ4v) is 2.68. The molecule has 0 bridgehead atoms. The maximum Gasteiger partial charge on any atom is 0.312 e. The van der Waals surface area contributed by atoms with E-state index in [1.54, 1.807) is 14.7 Å². The number of piperazine rings is 1. The zero-order valence-electron chi connectivity index (χ0n) is 13.3. The number of unbranched alkanes of at least 4 members (excludes halogenated alkanes) is 1. The number of carbonyl (C=O) groups is 3. The van der Waals surface area contributed by atoms with Crippen LogP contribution in [-0.4, -0.2) is 84.9 Å². The number of rotatable bonds is 3. The van der Waals surface area contributed by atoms with Crippen molar-refractivity contribution in [3.8, 4) is 0 Å². The van der Waals surface area contributed by atoms with E-state index >= 15 is 0 Å². The summed E-state index contributed by atoms with van der Waals surface area (Å²) in [6, 6.07) is 0. The predicted molar refractivity (Wildman–Crippen MR) is 80.1 cm³/mol. The molecule has 3 amide bonds. The largest absolute Gasteiger partial charge is 0.378 e. The maximum absolute atomic E-state index is 12.2. The molecule has 0 unspecified atom stereocenters. The number of morpholine rings is 1. The highest BCUT2D eigenvalue weighted by molar-refractivity contribution is 6.34. The minimum atomic E-state index is -0.456. The van der Waals surface area contributed by atoms with Crippen molar-refractivity contribution in [3.05, 3.63) is 0 Å². The van der Waals surface area contributed by atoms with Gasteiger partial charge in [-0.15, -0.1) is 0 Å². The lowest BCUT2D eigenvalue weighted by Crippen LogP contribution is -2.55. The number of nitrogens with zero attached hydrogens (tertiary/aromatic N) is 3. The van der Waals surface area contributed by atoms with Gasteiger partial charge < -0.3 is 19.4 Å². The van der Waals surface area contributed by atoms with Gasteiger partial charge in [0.2, 0.25) is 5.91 Å². The summed E-state index contributed by atoms with van der Waals surface area (Å²) < 4.78 is 5.18. The van der Waals surface area contributed by atoms with E-state index < -0.39 is 11.8 Å². The van der Waals surface area contributed by atoms with Gasteiger partial charge in [0.05, 0.1) is 13.2 Å². The summed E-state index contributed by atoms with van der Waals surface area (Å²) in [5, 5.41) is 0. The van der Waals surface area contributed by atoms with Crippen molar-refractivity contribution in [2.75, 3.05) is 52.5 Å². The van der Waals surface area contributed by atoms with Crippen molar-refractivity contribution in [2.45, 2.75) is 26.2 Å². The van der Waals surface area contributed by atoms with Crippen molar-refractivity contribution in [1.82, 2.24) is 14.7 Å². The Labute approximate surface area is 131 Å². The van der Waals surface area contributed by atoms with Crippen LogP contribution in [0.1, 0.15) is 26.2 Å². The molecular formula is C15H25N3O4. The van der Waals surface area contributed by atoms with E-state index in [0.717, 1.165) is 12.8 Å². The lowest BCUT2D eigenvalue weighted by Gasteiger charge is -2.36. The summed E-state index contributed by atoms with van der Waals surface area (Å²) in [6.07, 6.45) is 2.46. The summed E-state index contributed by atoms with van der Waals surface area (Å²) in [5.74, 6) is -0.759. The molecule has 2 rings (SSSR count). The van der Waals surface area contributed by atoms with Crippen LogP contribution < -0.4 is 0 Å². The van der Waals surface area contributed by atoms with Crippen molar-refractivity contribution in [2.24, 2.45) is 0 Å². The van der Waals surface area contributed by atoms with Gasteiger partial charge in [-0.2, -0.15) is 0 Å². The highest BCUT2D eigenvalue weighted by Crippen LogP contribution is 2.08. The molecular weight excluding hydrogens is 286 g/mol. The average molecular weight is 311 g/mol. The topological polar surface area (TPSA) is 70.2 Å². The van der Waals surface area contributed by atoms with Crippen LogP contribution >= 0.6 is 0 Å². The highest BCUT2D eigenvalue weighted by atomic mass is 16.5. The predicted octanol–water partition coefficient (Wildman–Crippen LogP) is -0.294. The third kappa shape index (κ3) is 4.19. The lowest BCUT2D eigenvalue weighted by atomic mass is 10.2. The molecule has 7 heteroatoms. The zero-order valence-corrected chi connectivity index (χ0v) is 13.3. The first-order chi connectivity index (χ1) is 10.6. The molecule has 2 saturated heterocycles. The fraction of sp³-hybridized carbons (Fsp3) is 0.800. The van der Waals surface area contributed by atoms with Crippen LogP contribution in [0, 0.1) is 0 Å². The van der Waals surface area contributed by atoms with Crippen molar-refractivity contribution in [1.29, 1.82) is 0 Å². The van der Waals surface area contributed by atoms with E-state index in [2.05, 4.69) is 6.92 Å². The van der Waals surface area contributed by atoms with Gasteiger partial charge in [-0.1, -0.05) is 13.3 Å². The third-order valence-corrected chi connectivity index (χ3v) is 4.15. The SMILES string of the molecule is CCCCC(=O)N1CCN(C(=O)C(=O)N2CCOCC2)CC1. The molecule has 2 aliphatic rings. The van der Waals surface area contributed by atoms with E-state index in [0.29, 0.717) is 58.9 Å². The second-order valence-electron chi connectivity index (χ2n) is 5.68. The van der Waals surface area contributed by atoms with E-state index in [1.165, 1.54) is 0 Å². The van der Waals surface area contributed by atoms with Crippen LogP contribution in [0.5, 0.6) is 0 Å². The molecule has 0 spiro atoms. The summed E-state index contributed by atoms with van der Waals surface area (Å²) in [4.78, 5) is 41.2. The van der Waals surface area contributed by atoms with Crippen LogP contribution in [0.3, 0.4) is 0 Å². The highest BCUT2D eigenvalue weighted by Gasteiger charge is 2.31. The molecule has 0 N–H and O–H groups in total. The normalized spacial score (nSPS) is 19.2. The number of hydrogen-bond acceptors (Lipinski definition) is 4. The van der Waals surface area contributed by atoms with E-state index in [4.69, 9.17) is 4.74 Å². The molecule has 0 aliphatic carbocycles. The fourth-order valence-electron chi connectivity index (χ4n) is 2.68. The molecule has 22 heavy (non-hydrogen) atoms. The Morgan fingerprint density at radius 2 is 1.32 bits per heavy atom. The van der Waals surface area contributed by atoms with Gasteiger partial charge in [0, 0.05) is 45.7 Å². The van der Waals surface area contributed by atoms with E-state index in [-0.39, 0.29) is 5.91 Å². The zero-order chi connectivity index (χ0) is 15.9. The first-order valence-electron chi connectivity index (χ1n) is 8.07. The summed E-state index contributed by atoms with van der Waals surface area (Å²) >= 11 is 0. The number of carbonyl (C=O) groups excluding carboxylic acids is 3. The molecule has 0 aromatic heterocycles. The molecule has 0 aromatic rings. The molecule has 0 radical (unpaired) electrons. The first-order valence-corrected chi connectivity index (χ1v) is 8.07. The van der Waals surface area contributed by atoms with Gasteiger partial charge in [-0.25, -0.2) is 0 Å². The summed E-state index contributed by atoms with van der Waals surface area (Å²) in [7, 11) is 0. The summed E-state index contributed by atoms with van der Waals surface area (Å²) in [6.45, 7) is 5.88. The Bertz CT molecular complexity index is 413. The van der Waals surface area contributed by atoms with Crippen LogP contribution in [0.15, 0.2) is 0 Å². The molecule has 0 saturated carbocycles. The lowest BCUT2D eigenvalue weighted by molar-refractivity contribution is -0.155. The molecule has 2 aliphatic heterocycles. The number of hydrogen-bond donors (Lipinski definition) is 0. The molecule has 124 valence electrons. The monoisotopic (exact) mass is 311 g/mol. The Balaban J connectivity index is 1.79. The minimum absolute atomic E-state index is 0.147. The minimum Gasteiger partial charge on any atom is -0.378 e. The molecule has 2 heterocycles. The van der Waals surface area contributed by atoms with Gasteiger partial charge in [0.25, 0.3) is 0 Å². The van der Waals surface area contributed by atoms with Gasteiger partial charge in [-0.3, -0.25) is 14.4 Å². The smallest absolute Gasteiger partial charge is 0.312 e. The van der Waals surface area contributed by atoms with Crippen LogP contribution in [-0.2, 0) is 19.1 Å². The van der Waals surface area contributed by atoms with Crippen molar-refractivity contribution < 1.29 is 19.1 Å². The maximum atomic E-state index is 12.2. The quantitative estimate of drug-likeness (QED) is 0.671. The average Bonchev–Trinajstić information content (AvgIpc) is 2.59. The number of ether oxygens (including phenoxy) is 1. The Kier molecular flexibility index (Phi) is 6.18. The standard InChI is InChI=1S/C15H25N3O4/c1-2-3-4-13(19)16-5-7-17(8-6-16)14(20)15(21)18-9-11-22-12-10-18/h2-12H2,1H3. The van der Waals surface area contributed by atoms with Crippen molar-refractivity contribution >= 4 is 17.7 Å². The first kappa shape index (κ1) is 16.7. The van der Waals surface area contributed by atoms with Gasteiger partial charge in [-0.05, 0) is 6.42 Å². The Morgan fingerprint density at radius 1 is 0.818 bits per heavy atom. The Morgan fingerprint density at radius 3 is 1.86 bits per heavy atom. The third-order valence-electron chi connectivity index (χ3n) is 4.15. The van der Waals surface area contributed by atoms with Gasteiger partial charge in [0.1, 0.15) is 0 Å². The van der Waals surface area contributed by atoms with Crippen LogP contribution in [0.4, 0.5) is 0 Å². The molecule has 0 atom stereocenters. The second-order valence-corrected chi connectivity index (χ2v) is 5.68. The van der Waals surface area contributed by atoms with E-state index in [1.807, 2.05) is 0 Å². The molecule has 7 nitrogen and oxygen atoms in total. The second kappa shape index (κ2) is 8.12. The Hall–Kier alpha value is -1.63. The van der Waals surface area contributed by atoms with Gasteiger partial charge in [0.15, 0.2) is 0 Å².